The van der Waals surface area contributed by atoms with Crippen LogP contribution in [0.5, 0.6) is 0 Å². The van der Waals surface area contributed by atoms with Gasteiger partial charge in [0, 0.05) is 6.20 Å². The standard InChI is InChI=1S/C16H12Cl3F3N2O/c1-7-3-10(17)13(11(18)4-7)15(25)24-8(2)14-12(19)5-9(6-23-14)16(20,21)22/h3-6,8H,1-2H3,(H,24,25). The van der Waals surface area contributed by atoms with Crippen molar-refractivity contribution < 1.29 is 18.0 Å². The molecule has 0 aliphatic rings. The van der Waals surface area contributed by atoms with Gasteiger partial charge in [0.2, 0.25) is 0 Å². The van der Waals surface area contributed by atoms with Gasteiger partial charge in [0.25, 0.3) is 5.91 Å². The van der Waals surface area contributed by atoms with Crippen LogP contribution in [0.25, 0.3) is 0 Å². The molecule has 0 spiro atoms. The molecule has 0 saturated heterocycles. The average Bonchev–Trinajstić information content (AvgIpc) is 2.44. The van der Waals surface area contributed by atoms with Crippen LogP contribution < -0.4 is 5.32 Å². The summed E-state index contributed by atoms with van der Waals surface area (Å²) in [6.07, 6.45) is -3.89. The summed E-state index contributed by atoms with van der Waals surface area (Å²) in [5, 5.41) is 2.71. The zero-order valence-electron chi connectivity index (χ0n) is 13.0. The van der Waals surface area contributed by atoms with Crippen LogP contribution in [0.4, 0.5) is 13.2 Å². The first-order valence-electron chi connectivity index (χ1n) is 7.00. The van der Waals surface area contributed by atoms with Crippen LogP contribution in [-0.4, -0.2) is 10.9 Å². The SMILES string of the molecule is Cc1cc(Cl)c(C(=O)NC(C)c2ncc(C(F)(F)F)cc2Cl)c(Cl)c1. The number of carbonyl (C=O) groups excluding carboxylic acids is 1. The molecule has 1 aromatic carbocycles. The van der Waals surface area contributed by atoms with E-state index in [1.165, 1.54) is 6.92 Å². The highest BCUT2D eigenvalue weighted by Gasteiger charge is 2.32. The van der Waals surface area contributed by atoms with Gasteiger partial charge in [0.15, 0.2) is 0 Å². The Kier molecular flexibility index (Phi) is 5.86. The van der Waals surface area contributed by atoms with Crippen LogP contribution in [0.2, 0.25) is 15.1 Å². The van der Waals surface area contributed by atoms with Crippen LogP contribution in [0.15, 0.2) is 24.4 Å². The van der Waals surface area contributed by atoms with Gasteiger partial charge in [-0.15, -0.1) is 0 Å². The van der Waals surface area contributed by atoms with Crippen molar-refractivity contribution in [3.8, 4) is 0 Å². The highest BCUT2D eigenvalue weighted by molar-refractivity contribution is 6.39. The first kappa shape index (κ1) is 19.8. The molecule has 1 atom stereocenters. The fraction of sp³-hybridized carbons (Fsp3) is 0.250. The third-order valence-corrected chi connectivity index (χ3v) is 4.27. The highest BCUT2D eigenvalue weighted by Crippen LogP contribution is 2.33. The molecule has 0 aliphatic heterocycles. The Bertz CT molecular complexity index is 802. The van der Waals surface area contributed by atoms with Crippen molar-refractivity contribution in [2.24, 2.45) is 0 Å². The number of aryl methyl sites for hydroxylation is 1. The molecule has 1 heterocycles. The normalized spacial score (nSPS) is 12.8. The van der Waals surface area contributed by atoms with Crippen LogP contribution in [0.1, 0.15) is 40.1 Å². The number of amides is 1. The fourth-order valence-corrected chi connectivity index (χ4v) is 3.27. The fourth-order valence-electron chi connectivity index (χ4n) is 2.18. The predicted molar refractivity (Wildman–Crippen MR) is 91.3 cm³/mol. The zero-order valence-corrected chi connectivity index (χ0v) is 15.3. The monoisotopic (exact) mass is 410 g/mol. The van der Waals surface area contributed by atoms with Crippen molar-refractivity contribution in [1.82, 2.24) is 10.3 Å². The molecule has 2 aromatic rings. The van der Waals surface area contributed by atoms with Gasteiger partial charge < -0.3 is 5.32 Å². The van der Waals surface area contributed by atoms with Gasteiger partial charge in [-0.1, -0.05) is 34.8 Å². The van der Waals surface area contributed by atoms with Crippen molar-refractivity contribution in [2.75, 3.05) is 0 Å². The van der Waals surface area contributed by atoms with Crippen molar-refractivity contribution >= 4 is 40.7 Å². The molecule has 1 N–H and O–H groups in total. The number of rotatable bonds is 3. The molecule has 0 radical (unpaired) electrons. The van der Waals surface area contributed by atoms with Crippen molar-refractivity contribution in [1.29, 1.82) is 0 Å². The van der Waals surface area contributed by atoms with Gasteiger partial charge in [-0.25, -0.2) is 0 Å². The lowest BCUT2D eigenvalue weighted by Crippen LogP contribution is -2.28. The molecular weight excluding hydrogens is 400 g/mol. The Balaban J connectivity index is 2.25. The summed E-state index contributed by atoms with van der Waals surface area (Å²) >= 11 is 18.0. The Morgan fingerprint density at radius 1 is 1.12 bits per heavy atom. The van der Waals surface area contributed by atoms with Crippen LogP contribution in [-0.2, 0) is 6.18 Å². The Morgan fingerprint density at radius 2 is 1.68 bits per heavy atom. The predicted octanol–water partition coefficient (Wildman–Crippen LogP) is 5.86. The first-order chi connectivity index (χ1) is 11.5. The number of carbonyl (C=O) groups is 1. The van der Waals surface area contributed by atoms with E-state index >= 15 is 0 Å². The summed E-state index contributed by atoms with van der Waals surface area (Å²) in [6.45, 7) is 3.31. The minimum atomic E-state index is -4.55. The van der Waals surface area contributed by atoms with E-state index in [4.69, 9.17) is 34.8 Å². The van der Waals surface area contributed by atoms with Gasteiger partial charge >= 0.3 is 6.18 Å². The summed E-state index contributed by atoms with van der Waals surface area (Å²) in [5.41, 5.74) is -0.0114. The molecule has 3 nitrogen and oxygen atoms in total. The van der Waals surface area contributed by atoms with Crippen LogP contribution in [0.3, 0.4) is 0 Å². The summed E-state index contributed by atoms with van der Waals surface area (Å²) in [7, 11) is 0. The highest BCUT2D eigenvalue weighted by atomic mass is 35.5. The van der Waals surface area contributed by atoms with Gasteiger partial charge in [-0.05, 0) is 37.6 Å². The number of nitrogens with zero attached hydrogens (tertiary/aromatic N) is 1. The van der Waals surface area contributed by atoms with Crippen molar-refractivity contribution in [3.05, 3.63) is 61.8 Å². The number of hydrogen-bond acceptors (Lipinski definition) is 2. The third-order valence-electron chi connectivity index (χ3n) is 3.37. The van der Waals surface area contributed by atoms with E-state index in [-0.39, 0.29) is 26.3 Å². The largest absolute Gasteiger partial charge is 0.417 e. The van der Waals surface area contributed by atoms with Crippen molar-refractivity contribution in [2.45, 2.75) is 26.1 Å². The minimum Gasteiger partial charge on any atom is -0.344 e. The maximum Gasteiger partial charge on any atom is 0.417 e. The quantitative estimate of drug-likeness (QED) is 0.687. The minimum absolute atomic E-state index is 0.0730. The molecule has 0 fully saturated rings. The van der Waals surface area contributed by atoms with E-state index in [2.05, 4.69) is 10.3 Å². The molecule has 25 heavy (non-hydrogen) atoms. The van der Waals surface area contributed by atoms with E-state index in [9.17, 15) is 18.0 Å². The number of benzene rings is 1. The second-order valence-corrected chi connectivity index (χ2v) is 6.61. The Labute approximate surface area is 157 Å². The molecule has 2 rings (SSSR count). The lowest BCUT2D eigenvalue weighted by Gasteiger charge is -2.17. The Morgan fingerprint density at radius 3 is 2.16 bits per heavy atom. The van der Waals surface area contributed by atoms with Crippen molar-refractivity contribution in [3.63, 3.8) is 0 Å². The van der Waals surface area contributed by atoms with Crippen LogP contribution >= 0.6 is 34.8 Å². The molecule has 1 aromatic heterocycles. The number of aromatic nitrogens is 1. The van der Waals surface area contributed by atoms with Gasteiger partial charge in [0.1, 0.15) is 0 Å². The van der Waals surface area contributed by atoms with Gasteiger partial charge in [-0.2, -0.15) is 13.2 Å². The number of halogens is 6. The maximum absolute atomic E-state index is 12.7. The lowest BCUT2D eigenvalue weighted by molar-refractivity contribution is -0.137. The topological polar surface area (TPSA) is 42.0 Å². The molecule has 0 aliphatic carbocycles. The van der Waals surface area contributed by atoms with E-state index < -0.39 is 23.7 Å². The molecule has 1 unspecified atom stereocenters. The zero-order chi connectivity index (χ0) is 18.9. The summed E-state index contributed by atoms with van der Waals surface area (Å²) in [4.78, 5) is 16.1. The maximum atomic E-state index is 12.7. The average molecular weight is 412 g/mol. The number of hydrogen-bond donors (Lipinski definition) is 1. The molecule has 0 bridgehead atoms. The third kappa shape index (κ3) is 4.57. The van der Waals surface area contributed by atoms with Gasteiger partial charge in [-0.3, -0.25) is 9.78 Å². The van der Waals surface area contributed by atoms with E-state index in [0.717, 1.165) is 11.6 Å². The van der Waals surface area contributed by atoms with E-state index in [1.807, 2.05) is 0 Å². The second kappa shape index (κ2) is 7.40. The molecule has 0 saturated carbocycles. The Hall–Kier alpha value is -1.50. The molecular formula is C16H12Cl3F3N2O. The summed E-state index contributed by atoms with van der Waals surface area (Å²) in [5.74, 6) is -0.583. The van der Waals surface area contributed by atoms with Gasteiger partial charge in [0.05, 0.1) is 37.9 Å². The number of nitrogens with one attached hydrogen (secondary N) is 1. The lowest BCUT2D eigenvalue weighted by atomic mass is 10.1. The molecule has 9 heteroatoms. The first-order valence-corrected chi connectivity index (χ1v) is 8.13. The summed E-state index contributed by atoms with van der Waals surface area (Å²) < 4.78 is 38.0. The summed E-state index contributed by atoms with van der Waals surface area (Å²) in [6, 6.07) is 3.17. The van der Waals surface area contributed by atoms with E-state index in [0.29, 0.717) is 6.20 Å². The molecule has 134 valence electrons. The smallest absolute Gasteiger partial charge is 0.344 e. The second-order valence-electron chi connectivity index (χ2n) is 5.39. The number of alkyl halides is 3. The van der Waals surface area contributed by atoms with Crippen LogP contribution in [0, 0.1) is 6.92 Å². The number of pyridine rings is 1. The van der Waals surface area contributed by atoms with E-state index in [1.54, 1.807) is 19.1 Å². The molecule has 1 amide bonds.